The number of rotatable bonds is 6. The fourth-order valence-electron chi connectivity index (χ4n) is 3.26. The Morgan fingerprint density at radius 1 is 1.27 bits per heavy atom. The van der Waals surface area contributed by atoms with Gasteiger partial charge in [0.05, 0.1) is 11.5 Å². The van der Waals surface area contributed by atoms with Crippen molar-refractivity contribution >= 4 is 21.4 Å². The average molecular weight is 373 g/mol. The second-order valence-corrected chi connectivity index (χ2v) is 8.64. The van der Waals surface area contributed by atoms with Gasteiger partial charge in [-0.2, -0.15) is 0 Å². The lowest BCUT2D eigenvalue weighted by molar-refractivity contribution is 0.0946. The standard InChI is InChI=1S/C19H23N3O3S/c1-2-22(17-9-11-26(24,25)14-17)16-8-10-20-18(12-16)19(23)21-13-15-6-4-3-5-7-15/h3-8,10,12,17H,2,9,11,13-14H2,1H3,(H,21,23). The molecule has 1 aliphatic rings. The number of carbonyl (C=O) groups excluding carboxylic acids is 1. The van der Waals surface area contributed by atoms with Gasteiger partial charge in [0.15, 0.2) is 9.84 Å². The van der Waals surface area contributed by atoms with Crippen LogP contribution in [-0.4, -0.2) is 43.4 Å². The van der Waals surface area contributed by atoms with Crippen molar-refractivity contribution in [2.45, 2.75) is 25.9 Å². The molecule has 0 aliphatic carbocycles. The molecular weight excluding hydrogens is 350 g/mol. The lowest BCUT2D eigenvalue weighted by Gasteiger charge is -2.29. The summed E-state index contributed by atoms with van der Waals surface area (Å²) < 4.78 is 23.6. The van der Waals surface area contributed by atoms with E-state index in [-0.39, 0.29) is 23.5 Å². The van der Waals surface area contributed by atoms with Gasteiger partial charge >= 0.3 is 0 Å². The van der Waals surface area contributed by atoms with Crippen LogP contribution < -0.4 is 10.2 Å². The number of pyridine rings is 1. The molecule has 0 spiro atoms. The van der Waals surface area contributed by atoms with Crippen LogP contribution in [0.1, 0.15) is 29.4 Å². The Labute approximate surface area is 154 Å². The molecule has 3 rings (SSSR count). The Morgan fingerprint density at radius 3 is 2.69 bits per heavy atom. The van der Waals surface area contributed by atoms with Crippen molar-refractivity contribution in [3.63, 3.8) is 0 Å². The molecule has 1 aromatic heterocycles. The molecule has 0 radical (unpaired) electrons. The van der Waals surface area contributed by atoms with Crippen molar-refractivity contribution in [1.29, 1.82) is 0 Å². The average Bonchev–Trinajstić information content (AvgIpc) is 3.01. The van der Waals surface area contributed by atoms with Gasteiger partial charge in [0, 0.05) is 31.0 Å². The van der Waals surface area contributed by atoms with Crippen molar-refractivity contribution in [2.75, 3.05) is 23.0 Å². The van der Waals surface area contributed by atoms with Crippen LogP contribution in [0.5, 0.6) is 0 Å². The molecule has 1 unspecified atom stereocenters. The van der Waals surface area contributed by atoms with Crippen LogP contribution in [-0.2, 0) is 16.4 Å². The summed E-state index contributed by atoms with van der Waals surface area (Å²) in [5, 5.41) is 2.87. The monoisotopic (exact) mass is 373 g/mol. The van der Waals surface area contributed by atoms with Crippen LogP contribution in [0.3, 0.4) is 0 Å². The summed E-state index contributed by atoms with van der Waals surface area (Å²) in [6.07, 6.45) is 2.22. The van der Waals surface area contributed by atoms with Gasteiger partial charge < -0.3 is 10.2 Å². The van der Waals surface area contributed by atoms with E-state index in [9.17, 15) is 13.2 Å². The van der Waals surface area contributed by atoms with Crippen molar-refractivity contribution in [2.24, 2.45) is 0 Å². The van der Waals surface area contributed by atoms with Crippen LogP contribution in [0, 0.1) is 0 Å². The number of carbonyl (C=O) groups is 1. The zero-order valence-electron chi connectivity index (χ0n) is 14.8. The number of benzene rings is 1. The third-order valence-corrected chi connectivity index (χ3v) is 6.34. The van der Waals surface area contributed by atoms with Gasteiger partial charge in [0.2, 0.25) is 0 Å². The van der Waals surface area contributed by atoms with Gasteiger partial charge in [0.1, 0.15) is 5.69 Å². The van der Waals surface area contributed by atoms with Crippen LogP contribution in [0.15, 0.2) is 48.7 Å². The zero-order valence-corrected chi connectivity index (χ0v) is 15.6. The summed E-state index contributed by atoms with van der Waals surface area (Å²) in [5.74, 6) is 0.147. The van der Waals surface area contributed by atoms with Crippen molar-refractivity contribution in [3.8, 4) is 0 Å². The molecule has 2 aromatic rings. The summed E-state index contributed by atoms with van der Waals surface area (Å²) in [5.41, 5.74) is 2.18. The smallest absolute Gasteiger partial charge is 0.270 e. The molecule has 1 amide bonds. The molecule has 0 bridgehead atoms. The summed E-state index contributed by atoms with van der Waals surface area (Å²) in [4.78, 5) is 18.6. The van der Waals surface area contributed by atoms with Crippen molar-refractivity contribution < 1.29 is 13.2 Å². The highest BCUT2D eigenvalue weighted by atomic mass is 32.2. The number of amides is 1. The fourth-order valence-corrected chi connectivity index (χ4v) is 4.99. The van der Waals surface area contributed by atoms with E-state index in [4.69, 9.17) is 0 Å². The third kappa shape index (κ3) is 4.40. The summed E-state index contributed by atoms with van der Waals surface area (Å²) >= 11 is 0. The second kappa shape index (κ2) is 7.86. The van der Waals surface area contributed by atoms with Crippen LogP contribution in [0.2, 0.25) is 0 Å². The van der Waals surface area contributed by atoms with E-state index in [1.807, 2.05) is 48.2 Å². The number of anilines is 1. The van der Waals surface area contributed by atoms with Gasteiger partial charge in [-0.1, -0.05) is 30.3 Å². The minimum absolute atomic E-state index is 0.0485. The fraction of sp³-hybridized carbons (Fsp3) is 0.368. The number of nitrogens with one attached hydrogen (secondary N) is 1. The lowest BCUT2D eigenvalue weighted by atomic mass is 10.2. The van der Waals surface area contributed by atoms with Gasteiger partial charge in [-0.25, -0.2) is 8.42 Å². The number of hydrogen-bond acceptors (Lipinski definition) is 5. The van der Waals surface area contributed by atoms with Gasteiger partial charge in [-0.15, -0.1) is 0 Å². The van der Waals surface area contributed by atoms with E-state index >= 15 is 0 Å². The molecule has 1 N–H and O–H groups in total. The zero-order chi connectivity index (χ0) is 18.6. The molecule has 2 heterocycles. The number of aromatic nitrogens is 1. The molecule has 138 valence electrons. The van der Waals surface area contributed by atoms with E-state index in [0.29, 0.717) is 25.2 Å². The van der Waals surface area contributed by atoms with E-state index in [1.165, 1.54) is 0 Å². The van der Waals surface area contributed by atoms with Crippen molar-refractivity contribution in [3.05, 3.63) is 59.9 Å². The Bertz CT molecular complexity index is 869. The normalized spacial score (nSPS) is 18.4. The SMILES string of the molecule is CCN(c1ccnc(C(=O)NCc2ccccc2)c1)C1CCS(=O)(=O)C1. The molecule has 26 heavy (non-hydrogen) atoms. The Kier molecular flexibility index (Phi) is 5.56. The minimum atomic E-state index is -2.96. The maximum Gasteiger partial charge on any atom is 0.270 e. The van der Waals surface area contributed by atoms with Crippen LogP contribution in [0.4, 0.5) is 5.69 Å². The first-order chi connectivity index (χ1) is 12.5. The van der Waals surface area contributed by atoms with Crippen LogP contribution in [0.25, 0.3) is 0 Å². The Balaban J connectivity index is 1.71. The second-order valence-electron chi connectivity index (χ2n) is 6.41. The molecular formula is C19H23N3O3S. The molecule has 1 atom stereocenters. The minimum Gasteiger partial charge on any atom is -0.368 e. The van der Waals surface area contributed by atoms with E-state index in [0.717, 1.165) is 11.3 Å². The molecule has 1 aliphatic heterocycles. The number of sulfone groups is 1. The first kappa shape index (κ1) is 18.4. The van der Waals surface area contributed by atoms with Crippen LogP contribution >= 0.6 is 0 Å². The van der Waals surface area contributed by atoms with Gasteiger partial charge in [-0.3, -0.25) is 9.78 Å². The first-order valence-electron chi connectivity index (χ1n) is 8.74. The highest BCUT2D eigenvalue weighted by molar-refractivity contribution is 7.91. The Morgan fingerprint density at radius 2 is 2.04 bits per heavy atom. The quantitative estimate of drug-likeness (QED) is 0.838. The maximum atomic E-state index is 12.4. The molecule has 0 saturated carbocycles. The number of hydrogen-bond donors (Lipinski definition) is 1. The lowest BCUT2D eigenvalue weighted by Crippen LogP contribution is -2.36. The third-order valence-electron chi connectivity index (χ3n) is 4.59. The highest BCUT2D eigenvalue weighted by Crippen LogP contribution is 2.24. The van der Waals surface area contributed by atoms with E-state index < -0.39 is 9.84 Å². The summed E-state index contributed by atoms with van der Waals surface area (Å²) in [6.45, 7) is 3.10. The topological polar surface area (TPSA) is 79.4 Å². The molecule has 1 fully saturated rings. The maximum absolute atomic E-state index is 12.4. The predicted octanol–water partition coefficient (Wildman–Crippen LogP) is 2.02. The first-order valence-corrected chi connectivity index (χ1v) is 10.6. The molecule has 6 nitrogen and oxygen atoms in total. The highest BCUT2D eigenvalue weighted by Gasteiger charge is 2.32. The summed E-state index contributed by atoms with van der Waals surface area (Å²) in [6, 6.07) is 13.2. The Hall–Kier alpha value is -2.41. The van der Waals surface area contributed by atoms with Crippen molar-refractivity contribution in [1.82, 2.24) is 10.3 Å². The van der Waals surface area contributed by atoms with Gasteiger partial charge in [-0.05, 0) is 31.0 Å². The van der Waals surface area contributed by atoms with Gasteiger partial charge in [0.25, 0.3) is 5.91 Å². The molecule has 1 saturated heterocycles. The molecule has 1 aromatic carbocycles. The number of nitrogens with zero attached hydrogens (tertiary/aromatic N) is 2. The molecule has 7 heteroatoms. The summed E-state index contributed by atoms with van der Waals surface area (Å²) in [7, 11) is -2.96. The van der Waals surface area contributed by atoms with E-state index in [1.54, 1.807) is 12.3 Å². The predicted molar refractivity (Wildman–Crippen MR) is 102 cm³/mol. The van der Waals surface area contributed by atoms with E-state index in [2.05, 4.69) is 10.3 Å². The largest absolute Gasteiger partial charge is 0.368 e.